The predicted molar refractivity (Wildman–Crippen MR) is 146 cm³/mol. The summed E-state index contributed by atoms with van der Waals surface area (Å²) in [5.74, 6) is 0.746. The predicted octanol–water partition coefficient (Wildman–Crippen LogP) is 4.15. The van der Waals surface area contributed by atoms with Gasteiger partial charge in [-0.25, -0.2) is 4.98 Å². The van der Waals surface area contributed by atoms with Crippen LogP contribution < -0.4 is 15.5 Å². The summed E-state index contributed by atoms with van der Waals surface area (Å²) < 4.78 is 0. The fourth-order valence-electron chi connectivity index (χ4n) is 4.55. The molecule has 0 bridgehead atoms. The van der Waals surface area contributed by atoms with Crippen molar-refractivity contribution in [3.63, 3.8) is 0 Å². The second-order valence-electron chi connectivity index (χ2n) is 9.86. The van der Waals surface area contributed by atoms with Gasteiger partial charge in [-0.05, 0) is 69.1 Å². The first kappa shape index (κ1) is 25.6. The highest BCUT2D eigenvalue weighted by Crippen LogP contribution is 2.26. The lowest BCUT2D eigenvalue weighted by atomic mass is 10.1. The molecule has 1 aliphatic heterocycles. The van der Waals surface area contributed by atoms with Crippen LogP contribution in [0.5, 0.6) is 0 Å². The number of amides is 2. The average Bonchev–Trinajstić information content (AvgIpc) is 2.87. The molecule has 1 aromatic heterocycles. The minimum Gasteiger partial charge on any atom is -0.354 e. The van der Waals surface area contributed by atoms with E-state index < -0.39 is 0 Å². The zero-order valence-corrected chi connectivity index (χ0v) is 21.6. The Morgan fingerprint density at radius 1 is 0.972 bits per heavy atom. The third kappa shape index (κ3) is 7.04. The number of pyridine rings is 1. The molecule has 2 aromatic carbocycles. The lowest BCUT2D eigenvalue weighted by Crippen LogP contribution is -2.44. The van der Waals surface area contributed by atoms with Crippen molar-refractivity contribution in [3.8, 4) is 0 Å². The molecule has 1 saturated heterocycles. The van der Waals surface area contributed by atoms with Crippen LogP contribution in [0.1, 0.15) is 37.3 Å². The summed E-state index contributed by atoms with van der Waals surface area (Å²) >= 11 is 0. The number of rotatable bonds is 9. The zero-order chi connectivity index (χ0) is 25.5. The van der Waals surface area contributed by atoms with Crippen molar-refractivity contribution in [1.29, 1.82) is 0 Å². The van der Waals surface area contributed by atoms with Gasteiger partial charge in [-0.3, -0.25) is 9.59 Å². The largest absolute Gasteiger partial charge is 0.354 e. The molecule has 1 unspecified atom stereocenters. The number of piperazine rings is 1. The topological polar surface area (TPSA) is 77.6 Å². The molecule has 0 saturated carbocycles. The number of anilines is 2. The highest BCUT2D eigenvalue weighted by atomic mass is 16.2. The molecule has 4 rings (SSSR count). The van der Waals surface area contributed by atoms with Gasteiger partial charge in [0, 0.05) is 56.1 Å². The van der Waals surface area contributed by atoms with Gasteiger partial charge in [0.25, 0.3) is 0 Å². The first-order valence-corrected chi connectivity index (χ1v) is 12.9. The van der Waals surface area contributed by atoms with Gasteiger partial charge >= 0.3 is 0 Å². The number of benzene rings is 2. The van der Waals surface area contributed by atoms with E-state index in [4.69, 9.17) is 4.98 Å². The lowest BCUT2D eigenvalue weighted by Gasteiger charge is -2.33. The van der Waals surface area contributed by atoms with E-state index in [0.717, 1.165) is 67.0 Å². The quantitative estimate of drug-likeness (QED) is 0.474. The summed E-state index contributed by atoms with van der Waals surface area (Å²) in [7, 11) is 2.15. The van der Waals surface area contributed by atoms with E-state index in [1.165, 1.54) is 5.56 Å². The van der Waals surface area contributed by atoms with E-state index in [2.05, 4.69) is 52.6 Å². The third-order valence-electron chi connectivity index (χ3n) is 6.81. The molecule has 3 aromatic rings. The van der Waals surface area contributed by atoms with Crippen molar-refractivity contribution < 1.29 is 9.59 Å². The Morgan fingerprint density at radius 3 is 2.44 bits per heavy atom. The normalized spacial score (nSPS) is 15.0. The van der Waals surface area contributed by atoms with Crippen LogP contribution in [-0.2, 0) is 16.0 Å². The minimum absolute atomic E-state index is 0.0625. The van der Waals surface area contributed by atoms with Crippen LogP contribution in [0.3, 0.4) is 0 Å². The van der Waals surface area contributed by atoms with Crippen LogP contribution in [0, 0.1) is 6.92 Å². The van der Waals surface area contributed by atoms with Crippen molar-refractivity contribution in [3.05, 3.63) is 65.7 Å². The maximum atomic E-state index is 12.5. The molecule has 1 atom stereocenters. The molecule has 36 heavy (non-hydrogen) atoms. The Kier molecular flexibility index (Phi) is 8.54. The van der Waals surface area contributed by atoms with Gasteiger partial charge in [-0.15, -0.1) is 0 Å². The molecule has 7 nitrogen and oxygen atoms in total. The van der Waals surface area contributed by atoms with Crippen molar-refractivity contribution in [2.75, 3.05) is 43.4 Å². The molecule has 0 radical (unpaired) electrons. The summed E-state index contributed by atoms with van der Waals surface area (Å²) in [5, 5.41) is 6.96. The Labute approximate surface area is 213 Å². The summed E-state index contributed by atoms with van der Waals surface area (Å²) in [6.07, 6.45) is 2.09. The average molecular weight is 488 g/mol. The van der Waals surface area contributed by atoms with Crippen LogP contribution in [0.15, 0.2) is 54.6 Å². The Bertz CT molecular complexity index is 1190. The number of aromatic nitrogens is 1. The van der Waals surface area contributed by atoms with E-state index in [0.29, 0.717) is 0 Å². The van der Waals surface area contributed by atoms with E-state index >= 15 is 0 Å². The van der Waals surface area contributed by atoms with Gasteiger partial charge in [-0.2, -0.15) is 0 Å². The number of nitrogens with one attached hydrogen (secondary N) is 2. The molecule has 2 N–H and O–H groups in total. The molecule has 1 fully saturated rings. The monoisotopic (exact) mass is 487 g/mol. The first-order valence-electron chi connectivity index (χ1n) is 12.9. The van der Waals surface area contributed by atoms with Gasteiger partial charge in [0.1, 0.15) is 5.82 Å². The van der Waals surface area contributed by atoms with Crippen LogP contribution >= 0.6 is 0 Å². The maximum Gasteiger partial charge on any atom is 0.224 e. The van der Waals surface area contributed by atoms with E-state index in [1.807, 2.05) is 43.3 Å². The highest BCUT2D eigenvalue weighted by molar-refractivity contribution is 5.96. The van der Waals surface area contributed by atoms with E-state index in [9.17, 15) is 9.59 Å². The SMILES string of the molecule is Cc1cc(N2CCN(C)CC2)nc2ccc(NC(=O)CCC(=O)NC(C)CCc3ccccc3)cc12. The second-order valence-corrected chi connectivity index (χ2v) is 9.86. The van der Waals surface area contributed by atoms with Gasteiger partial charge in [0.05, 0.1) is 5.52 Å². The standard InChI is InChI=1S/C29H37N5O2/c1-21-19-27(34-17-15-33(3)16-18-34)32-26-12-11-24(20-25(21)26)31-29(36)14-13-28(35)30-22(2)9-10-23-7-5-4-6-8-23/h4-8,11-12,19-20,22H,9-10,13-18H2,1-3H3,(H,30,35)(H,31,36). The number of nitrogens with zero attached hydrogens (tertiary/aromatic N) is 3. The number of carbonyl (C=O) groups is 2. The molecule has 2 heterocycles. The zero-order valence-electron chi connectivity index (χ0n) is 21.6. The molecule has 1 aliphatic rings. The fraction of sp³-hybridized carbons (Fsp3) is 0.414. The molecular formula is C29H37N5O2. The third-order valence-corrected chi connectivity index (χ3v) is 6.81. The molecule has 0 spiro atoms. The van der Waals surface area contributed by atoms with Gasteiger partial charge in [-0.1, -0.05) is 30.3 Å². The summed E-state index contributed by atoms with van der Waals surface area (Å²) in [5.41, 5.74) is 4.04. The number of likely N-dealkylation sites (N-methyl/N-ethyl adjacent to an activating group) is 1. The highest BCUT2D eigenvalue weighted by Gasteiger charge is 2.17. The Hall–Kier alpha value is -3.45. The van der Waals surface area contributed by atoms with E-state index in [1.54, 1.807) is 0 Å². The van der Waals surface area contributed by atoms with Gasteiger partial charge in [0.2, 0.25) is 11.8 Å². The summed E-state index contributed by atoms with van der Waals surface area (Å²) in [6.45, 7) is 8.10. The van der Waals surface area contributed by atoms with Crippen molar-refractivity contribution in [2.24, 2.45) is 0 Å². The van der Waals surface area contributed by atoms with Crippen molar-refractivity contribution in [1.82, 2.24) is 15.2 Å². The van der Waals surface area contributed by atoms with E-state index in [-0.39, 0.29) is 30.7 Å². The molecule has 7 heteroatoms. The van der Waals surface area contributed by atoms with Crippen LogP contribution in [0.2, 0.25) is 0 Å². The molecule has 0 aliphatic carbocycles. The van der Waals surface area contributed by atoms with Crippen molar-refractivity contribution >= 4 is 34.2 Å². The number of hydrogen-bond donors (Lipinski definition) is 2. The Morgan fingerprint density at radius 2 is 1.69 bits per heavy atom. The number of hydrogen-bond acceptors (Lipinski definition) is 5. The summed E-state index contributed by atoms with van der Waals surface area (Å²) in [6, 6.07) is 18.2. The number of aryl methyl sites for hydroxylation is 2. The van der Waals surface area contributed by atoms with Crippen molar-refractivity contribution in [2.45, 2.75) is 45.6 Å². The van der Waals surface area contributed by atoms with Gasteiger partial charge < -0.3 is 20.4 Å². The molecular weight excluding hydrogens is 450 g/mol. The molecule has 2 amide bonds. The number of fused-ring (bicyclic) bond motifs is 1. The second kappa shape index (κ2) is 12.0. The minimum atomic E-state index is -0.166. The van der Waals surface area contributed by atoms with Crippen LogP contribution in [0.25, 0.3) is 10.9 Å². The smallest absolute Gasteiger partial charge is 0.224 e. The van der Waals surface area contributed by atoms with Crippen LogP contribution in [-0.4, -0.2) is 61.0 Å². The Balaban J connectivity index is 1.26. The lowest BCUT2D eigenvalue weighted by molar-refractivity contribution is -0.124. The number of carbonyl (C=O) groups excluding carboxylic acids is 2. The maximum absolute atomic E-state index is 12.5. The van der Waals surface area contributed by atoms with Gasteiger partial charge in [0.15, 0.2) is 0 Å². The fourth-order valence-corrected chi connectivity index (χ4v) is 4.55. The summed E-state index contributed by atoms with van der Waals surface area (Å²) in [4.78, 5) is 34.3. The molecule has 190 valence electrons. The van der Waals surface area contributed by atoms with Crippen LogP contribution in [0.4, 0.5) is 11.5 Å². The first-order chi connectivity index (χ1) is 17.4.